The minimum Gasteiger partial charge on any atom is -0.409 e. The zero-order valence-corrected chi connectivity index (χ0v) is 36.9. The summed E-state index contributed by atoms with van der Waals surface area (Å²) >= 11 is 0. The number of ketones is 1. The maximum atomic E-state index is 14.2. The number of hydrogen-bond donors (Lipinski definition) is 0. The van der Waals surface area contributed by atoms with Crippen LogP contribution in [-0.4, -0.2) is 78.6 Å². The summed E-state index contributed by atoms with van der Waals surface area (Å²) in [5.74, 6) is 0.0740. The molecule has 10 heteroatoms. The average Bonchev–Trinajstić information content (AvgIpc) is 3.30. The van der Waals surface area contributed by atoms with Crippen molar-refractivity contribution in [1.29, 1.82) is 0 Å². The zero-order valence-electron chi connectivity index (χ0n) is 34.9. The van der Waals surface area contributed by atoms with E-state index in [-0.39, 0.29) is 52.5 Å². The van der Waals surface area contributed by atoms with Gasteiger partial charge in [-0.2, -0.15) is 0 Å². The molecule has 0 bridgehead atoms. The molecule has 0 N–H and O–H groups in total. The van der Waals surface area contributed by atoms with E-state index in [1.165, 1.54) is 0 Å². The van der Waals surface area contributed by atoms with Crippen molar-refractivity contribution in [2.45, 2.75) is 185 Å². The number of rotatable bonds is 15. The average molecular weight is 783 g/mol. The van der Waals surface area contributed by atoms with Gasteiger partial charge in [0.05, 0.1) is 56.4 Å². The molecule has 302 valence electrons. The summed E-state index contributed by atoms with van der Waals surface area (Å²) in [6.45, 7) is 24.6. The summed E-state index contributed by atoms with van der Waals surface area (Å²) in [5.41, 5.74) is 2.72. The lowest BCUT2D eigenvalue weighted by atomic mass is 9.93. The Balaban J connectivity index is 1.33. The van der Waals surface area contributed by atoms with Crippen molar-refractivity contribution >= 4 is 22.7 Å². The number of hydrogen-bond acceptors (Lipinski definition) is 8. The maximum Gasteiger partial charge on any atom is 0.349 e. The molecule has 0 spiro atoms. The zero-order chi connectivity index (χ0) is 39.1. The monoisotopic (exact) mass is 782 g/mol. The van der Waals surface area contributed by atoms with Crippen LogP contribution < -0.4 is 0 Å². The van der Waals surface area contributed by atoms with Gasteiger partial charge in [0, 0.05) is 29.5 Å². The Kier molecular flexibility index (Phi) is 15.0. The fourth-order valence-corrected chi connectivity index (χ4v) is 17.7. The van der Waals surface area contributed by atoms with Gasteiger partial charge in [0.2, 0.25) is 0 Å². The van der Waals surface area contributed by atoms with Crippen LogP contribution in [0.4, 0.5) is 0 Å². The van der Waals surface area contributed by atoms with Crippen LogP contribution in [0.2, 0.25) is 27.7 Å². The van der Waals surface area contributed by atoms with Gasteiger partial charge in [0.25, 0.3) is 0 Å². The Morgan fingerprint density at radius 3 is 1.98 bits per heavy atom. The molecule has 0 amide bonds. The number of benzene rings is 2. The summed E-state index contributed by atoms with van der Waals surface area (Å²) in [5, 5.41) is -0.383. The summed E-state index contributed by atoms with van der Waals surface area (Å²) in [4.78, 5) is 14.2. The normalized spacial score (nSPS) is 28.1. The Hall–Kier alpha value is -1.74. The van der Waals surface area contributed by atoms with E-state index in [4.69, 9.17) is 32.2 Å². The third-order valence-corrected chi connectivity index (χ3v) is 22.6. The predicted octanol–water partition coefficient (Wildman–Crippen LogP) is 10.1. The number of Topliss-reactive ketones (excluding diaryl/α,β-unsaturated/α-hetero) is 1. The maximum absolute atomic E-state index is 14.2. The third kappa shape index (κ3) is 10.2. The lowest BCUT2D eigenvalue weighted by Gasteiger charge is -2.56. The number of carbonyl (C=O) groups excluding carboxylic acids is 1. The highest BCUT2D eigenvalue weighted by Crippen LogP contribution is 2.55. The highest BCUT2D eigenvalue weighted by Gasteiger charge is 2.63. The standard InChI is InChI=1S/C44H70O8Si2/c1-11-53(12-2,32(3)4)51-42-31-48-54(43(5,6)7,44(8,9)10)52-41(42)28-39-35(45)27-40-37(49-39)24-23-36(47-30-34-21-17-14-18-22-34)38(50-40)25-26-46-29-33-19-15-13-16-20-33/h13-22,32,36-42H,11-12,23-31H2,1-10H3/t36-,37+,38+,39-,40-,41+,42-/m1/s1. The van der Waals surface area contributed by atoms with Crippen molar-refractivity contribution in [2.24, 2.45) is 0 Å². The number of fused-ring (bicyclic) bond motifs is 1. The van der Waals surface area contributed by atoms with Crippen LogP contribution in [0, 0.1) is 0 Å². The molecule has 0 aromatic heterocycles. The Morgan fingerprint density at radius 2 is 1.41 bits per heavy atom. The smallest absolute Gasteiger partial charge is 0.349 e. The summed E-state index contributed by atoms with van der Waals surface area (Å²) in [6, 6.07) is 22.5. The van der Waals surface area contributed by atoms with Gasteiger partial charge in [-0.25, -0.2) is 0 Å². The molecule has 3 heterocycles. The van der Waals surface area contributed by atoms with Gasteiger partial charge in [-0.1, -0.05) is 130 Å². The molecule has 3 aliphatic heterocycles. The van der Waals surface area contributed by atoms with Crippen LogP contribution in [0.5, 0.6) is 0 Å². The third-order valence-electron chi connectivity index (χ3n) is 12.2. The number of carbonyl (C=O) groups is 1. The van der Waals surface area contributed by atoms with Crippen molar-refractivity contribution in [3.05, 3.63) is 71.8 Å². The molecule has 5 rings (SSSR count). The van der Waals surface area contributed by atoms with E-state index in [0.29, 0.717) is 51.2 Å². The molecule has 0 aliphatic carbocycles. The molecule has 2 aromatic rings. The molecular formula is C44H70O8Si2. The van der Waals surface area contributed by atoms with Gasteiger partial charge in [-0.15, -0.1) is 0 Å². The van der Waals surface area contributed by atoms with E-state index < -0.39 is 23.0 Å². The fourth-order valence-electron chi connectivity index (χ4n) is 9.16. The summed E-state index contributed by atoms with van der Waals surface area (Å²) in [7, 11) is -4.94. The largest absolute Gasteiger partial charge is 0.409 e. The summed E-state index contributed by atoms with van der Waals surface area (Å²) in [6.07, 6.45) is 0.906. The van der Waals surface area contributed by atoms with Crippen LogP contribution >= 0.6 is 0 Å². The molecule has 3 fully saturated rings. The van der Waals surface area contributed by atoms with Crippen molar-refractivity contribution in [1.82, 2.24) is 0 Å². The minimum absolute atomic E-state index is 0.0740. The molecule has 0 unspecified atom stereocenters. The van der Waals surface area contributed by atoms with Crippen LogP contribution in [0.1, 0.15) is 112 Å². The van der Waals surface area contributed by atoms with Crippen LogP contribution in [0.15, 0.2) is 60.7 Å². The lowest BCUT2D eigenvalue weighted by Crippen LogP contribution is -2.67. The first-order valence-electron chi connectivity index (χ1n) is 20.7. The van der Waals surface area contributed by atoms with E-state index >= 15 is 0 Å². The molecule has 54 heavy (non-hydrogen) atoms. The Bertz CT molecular complexity index is 1420. The molecule has 2 aromatic carbocycles. The van der Waals surface area contributed by atoms with Gasteiger partial charge < -0.3 is 32.2 Å². The Morgan fingerprint density at radius 1 is 0.796 bits per heavy atom. The second-order valence-electron chi connectivity index (χ2n) is 18.2. The quantitative estimate of drug-likeness (QED) is 0.131. The fraction of sp³-hybridized carbons (Fsp3) is 0.705. The van der Waals surface area contributed by atoms with Gasteiger partial charge in [-0.3, -0.25) is 4.79 Å². The molecule has 3 saturated heterocycles. The van der Waals surface area contributed by atoms with Gasteiger partial charge in [-0.05, 0) is 48.0 Å². The van der Waals surface area contributed by atoms with E-state index in [1.54, 1.807) is 0 Å². The Labute approximate surface area is 328 Å². The molecule has 7 atom stereocenters. The molecule has 0 saturated carbocycles. The van der Waals surface area contributed by atoms with E-state index in [2.05, 4.69) is 93.5 Å². The first kappa shape index (κ1) is 43.4. The first-order valence-corrected chi connectivity index (χ1v) is 24.9. The molecular weight excluding hydrogens is 713 g/mol. The number of ether oxygens (including phenoxy) is 4. The van der Waals surface area contributed by atoms with Gasteiger partial charge in [0.1, 0.15) is 6.10 Å². The SMILES string of the molecule is CC[Si](CC)(O[C@@H]1CO[Si](C(C)(C)C)(C(C)(C)C)O[C@H]1C[C@H]1O[C@H]2CC[C@@H](OCc3ccccc3)[C@H](CCOCc3ccccc3)O[C@@H]2CC1=O)C(C)C. The topological polar surface area (TPSA) is 81.7 Å². The second-order valence-corrected chi connectivity index (χ2v) is 27.9. The second kappa shape index (κ2) is 18.7. The van der Waals surface area contributed by atoms with Crippen molar-refractivity contribution < 1.29 is 37.0 Å². The minimum atomic E-state index is -2.84. The van der Waals surface area contributed by atoms with Gasteiger partial charge >= 0.3 is 8.56 Å². The lowest BCUT2D eigenvalue weighted by molar-refractivity contribution is -0.183. The predicted molar refractivity (Wildman–Crippen MR) is 219 cm³/mol. The summed E-state index contributed by atoms with van der Waals surface area (Å²) < 4.78 is 47.9. The van der Waals surface area contributed by atoms with Crippen molar-refractivity contribution in [3.8, 4) is 0 Å². The highest BCUT2D eigenvalue weighted by atomic mass is 28.4. The van der Waals surface area contributed by atoms with Gasteiger partial charge in [0.15, 0.2) is 14.1 Å². The van der Waals surface area contributed by atoms with Crippen LogP contribution in [0.25, 0.3) is 0 Å². The van der Waals surface area contributed by atoms with E-state index in [0.717, 1.165) is 36.1 Å². The van der Waals surface area contributed by atoms with E-state index in [9.17, 15) is 4.79 Å². The molecule has 3 aliphatic rings. The van der Waals surface area contributed by atoms with E-state index in [1.807, 2.05) is 36.4 Å². The molecule has 8 nitrogen and oxygen atoms in total. The van der Waals surface area contributed by atoms with Crippen LogP contribution in [0.3, 0.4) is 0 Å². The first-order chi connectivity index (χ1) is 25.6. The highest BCUT2D eigenvalue weighted by molar-refractivity contribution is 6.75. The van der Waals surface area contributed by atoms with Crippen LogP contribution in [-0.2, 0) is 50.2 Å². The van der Waals surface area contributed by atoms with Crippen molar-refractivity contribution in [3.63, 3.8) is 0 Å². The molecule has 0 radical (unpaired) electrons. The van der Waals surface area contributed by atoms with Crippen molar-refractivity contribution in [2.75, 3.05) is 13.2 Å².